The molecule has 4 rings (SSSR count). The first-order chi connectivity index (χ1) is 11.2. The van der Waals surface area contributed by atoms with Crippen LogP contribution < -0.4 is 5.73 Å². The Hall–Kier alpha value is -0.120. The number of nitrogens with two attached hydrogens (primary N) is 1. The molecule has 3 nitrogen and oxygen atoms in total. The van der Waals surface area contributed by atoms with E-state index >= 15 is 0 Å². The first-order valence-corrected chi connectivity index (χ1v) is 10.4. The molecule has 0 aromatic heterocycles. The van der Waals surface area contributed by atoms with Gasteiger partial charge in [-0.2, -0.15) is 0 Å². The molecule has 4 aliphatic rings. The third-order valence-electron chi connectivity index (χ3n) is 9.61. The maximum absolute atomic E-state index is 11.3. The molecular weight excluding hydrogens is 298 g/mol. The Kier molecular flexibility index (Phi) is 3.92. The van der Waals surface area contributed by atoms with Gasteiger partial charge in [0, 0.05) is 11.5 Å². The summed E-state index contributed by atoms with van der Waals surface area (Å²) in [7, 11) is 0. The van der Waals surface area contributed by atoms with E-state index in [1.54, 1.807) is 6.92 Å². The quantitative estimate of drug-likeness (QED) is 0.687. The van der Waals surface area contributed by atoms with Crippen molar-refractivity contribution in [2.75, 3.05) is 0 Å². The Morgan fingerprint density at radius 3 is 2.38 bits per heavy atom. The van der Waals surface area contributed by atoms with Crippen molar-refractivity contribution in [1.82, 2.24) is 0 Å². The first-order valence-electron chi connectivity index (χ1n) is 10.4. The molecule has 3 heteroatoms. The zero-order valence-corrected chi connectivity index (χ0v) is 15.8. The van der Waals surface area contributed by atoms with Gasteiger partial charge in [0.2, 0.25) is 0 Å². The van der Waals surface area contributed by atoms with Gasteiger partial charge in [-0.1, -0.05) is 13.8 Å². The lowest BCUT2D eigenvalue weighted by molar-refractivity contribution is -0.183. The van der Waals surface area contributed by atoms with E-state index in [-0.39, 0.29) is 5.41 Å². The van der Waals surface area contributed by atoms with E-state index in [9.17, 15) is 10.2 Å². The van der Waals surface area contributed by atoms with E-state index < -0.39 is 11.7 Å². The summed E-state index contributed by atoms with van der Waals surface area (Å²) < 4.78 is 0. The number of aliphatic hydroxyl groups is 2. The van der Waals surface area contributed by atoms with Crippen molar-refractivity contribution < 1.29 is 10.2 Å². The highest BCUT2D eigenvalue weighted by molar-refractivity contribution is 5.15. The summed E-state index contributed by atoms with van der Waals surface area (Å²) in [6.07, 6.45) is 9.91. The van der Waals surface area contributed by atoms with E-state index in [2.05, 4.69) is 13.8 Å². The Morgan fingerprint density at radius 1 is 0.958 bits per heavy atom. The van der Waals surface area contributed by atoms with E-state index in [1.807, 2.05) is 0 Å². The summed E-state index contributed by atoms with van der Waals surface area (Å²) in [5, 5.41) is 21.6. The van der Waals surface area contributed by atoms with Gasteiger partial charge in [0.25, 0.3) is 0 Å². The Bertz CT molecular complexity index is 508. The summed E-state index contributed by atoms with van der Waals surface area (Å²) in [5.74, 6) is 2.94. The van der Waals surface area contributed by atoms with Crippen LogP contribution in [-0.4, -0.2) is 28.0 Å². The molecule has 4 saturated carbocycles. The topological polar surface area (TPSA) is 66.5 Å². The first kappa shape index (κ1) is 17.3. The summed E-state index contributed by atoms with van der Waals surface area (Å²) in [6.45, 7) is 6.62. The standard InChI is InChI=1S/C21H37NO2/c1-13(23)21(24)11-8-18-16-5-4-14-12-15(22)6-9-19(14,2)17(16)7-10-20(18,21)3/h13-18,23-24H,4-12,22H2,1-3H3/t13-,14-,15+,16+,17-,18-,19-,20-,21-/m0/s1. The summed E-state index contributed by atoms with van der Waals surface area (Å²) >= 11 is 0. The smallest absolute Gasteiger partial charge is 0.0958 e. The van der Waals surface area contributed by atoms with E-state index in [1.165, 1.54) is 38.5 Å². The van der Waals surface area contributed by atoms with Crippen LogP contribution in [-0.2, 0) is 0 Å². The molecule has 0 aliphatic heterocycles. The van der Waals surface area contributed by atoms with E-state index in [0.29, 0.717) is 17.4 Å². The molecule has 0 unspecified atom stereocenters. The van der Waals surface area contributed by atoms with Crippen LogP contribution in [0.15, 0.2) is 0 Å². The number of rotatable bonds is 1. The maximum Gasteiger partial charge on any atom is 0.0958 e. The molecule has 0 bridgehead atoms. The fourth-order valence-electron chi connectivity index (χ4n) is 8.03. The fraction of sp³-hybridized carbons (Fsp3) is 1.00. The average molecular weight is 336 g/mol. The molecule has 24 heavy (non-hydrogen) atoms. The molecule has 0 amide bonds. The molecule has 0 saturated heterocycles. The van der Waals surface area contributed by atoms with Crippen LogP contribution >= 0.6 is 0 Å². The minimum atomic E-state index is -0.880. The molecule has 0 radical (unpaired) electrons. The summed E-state index contributed by atoms with van der Waals surface area (Å²) in [4.78, 5) is 0. The Labute approximate surface area is 147 Å². The van der Waals surface area contributed by atoms with Crippen molar-refractivity contribution in [1.29, 1.82) is 0 Å². The van der Waals surface area contributed by atoms with E-state index in [4.69, 9.17) is 5.73 Å². The second-order valence-corrected chi connectivity index (χ2v) is 10.3. The number of hydrogen-bond donors (Lipinski definition) is 3. The lowest BCUT2D eigenvalue weighted by atomic mass is 9.44. The van der Waals surface area contributed by atoms with Gasteiger partial charge in [-0.15, -0.1) is 0 Å². The molecule has 9 atom stereocenters. The number of fused-ring (bicyclic) bond motifs is 5. The van der Waals surface area contributed by atoms with Crippen LogP contribution in [0.25, 0.3) is 0 Å². The molecule has 0 aromatic carbocycles. The third kappa shape index (κ3) is 2.07. The van der Waals surface area contributed by atoms with Gasteiger partial charge in [-0.25, -0.2) is 0 Å². The normalized spacial score (nSPS) is 58.5. The van der Waals surface area contributed by atoms with Crippen LogP contribution in [0.4, 0.5) is 0 Å². The van der Waals surface area contributed by atoms with Crippen molar-refractivity contribution >= 4 is 0 Å². The summed E-state index contributed by atoms with van der Waals surface area (Å²) in [5.41, 5.74) is 5.77. The molecule has 4 aliphatic carbocycles. The number of hydrogen-bond acceptors (Lipinski definition) is 3. The Morgan fingerprint density at radius 2 is 1.67 bits per heavy atom. The zero-order valence-electron chi connectivity index (χ0n) is 15.8. The molecule has 0 aromatic rings. The predicted molar refractivity (Wildman–Crippen MR) is 96.3 cm³/mol. The average Bonchev–Trinajstić information content (AvgIpc) is 2.81. The molecule has 4 N–H and O–H groups in total. The van der Waals surface area contributed by atoms with Crippen LogP contribution in [0.5, 0.6) is 0 Å². The van der Waals surface area contributed by atoms with Crippen LogP contribution in [0.1, 0.15) is 78.6 Å². The second-order valence-electron chi connectivity index (χ2n) is 10.3. The van der Waals surface area contributed by atoms with Crippen molar-refractivity contribution in [2.45, 2.75) is 96.3 Å². The van der Waals surface area contributed by atoms with Crippen LogP contribution in [0.2, 0.25) is 0 Å². The van der Waals surface area contributed by atoms with Crippen LogP contribution in [0.3, 0.4) is 0 Å². The van der Waals surface area contributed by atoms with Gasteiger partial charge in [0.05, 0.1) is 11.7 Å². The van der Waals surface area contributed by atoms with Gasteiger partial charge in [0.1, 0.15) is 0 Å². The van der Waals surface area contributed by atoms with Gasteiger partial charge < -0.3 is 15.9 Å². The minimum Gasteiger partial charge on any atom is -0.390 e. The van der Waals surface area contributed by atoms with Gasteiger partial charge >= 0.3 is 0 Å². The van der Waals surface area contributed by atoms with Gasteiger partial charge in [-0.3, -0.25) is 0 Å². The molecule has 4 fully saturated rings. The summed E-state index contributed by atoms with van der Waals surface area (Å²) in [6, 6.07) is 0.417. The van der Waals surface area contributed by atoms with E-state index in [0.717, 1.165) is 37.0 Å². The minimum absolute atomic E-state index is 0.101. The highest BCUT2D eigenvalue weighted by Crippen LogP contribution is 2.68. The largest absolute Gasteiger partial charge is 0.390 e. The second kappa shape index (κ2) is 5.44. The van der Waals surface area contributed by atoms with Crippen molar-refractivity contribution in [2.24, 2.45) is 40.2 Å². The highest BCUT2D eigenvalue weighted by Gasteiger charge is 2.65. The van der Waals surface area contributed by atoms with Crippen LogP contribution in [0, 0.1) is 34.5 Å². The SMILES string of the molecule is C[C@H](O)[C@@]1(O)CC[C@H]2[C@@H]3CC[C@H]4C[C@H](N)CC[C@]4(C)[C@H]3CC[C@@]21C. The van der Waals surface area contributed by atoms with Gasteiger partial charge in [0.15, 0.2) is 0 Å². The predicted octanol–water partition coefficient (Wildman–Crippen LogP) is 3.47. The molecule has 0 heterocycles. The lowest BCUT2D eigenvalue weighted by Crippen LogP contribution is -2.59. The maximum atomic E-state index is 11.3. The van der Waals surface area contributed by atoms with Gasteiger partial charge in [-0.05, 0) is 93.8 Å². The van der Waals surface area contributed by atoms with Crippen molar-refractivity contribution in [3.63, 3.8) is 0 Å². The monoisotopic (exact) mass is 335 g/mol. The highest BCUT2D eigenvalue weighted by atomic mass is 16.3. The fourth-order valence-corrected chi connectivity index (χ4v) is 8.03. The Balaban J connectivity index is 1.63. The third-order valence-corrected chi connectivity index (χ3v) is 9.61. The molecule has 138 valence electrons. The van der Waals surface area contributed by atoms with Crippen molar-refractivity contribution in [3.8, 4) is 0 Å². The van der Waals surface area contributed by atoms with Crippen molar-refractivity contribution in [3.05, 3.63) is 0 Å². The molecular formula is C21H37NO2. The number of aliphatic hydroxyl groups excluding tert-OH is 1. The molecule has 0 spiro atoms. The zero-order chi connectivity index (χ0) is 17.3. The lowest BCUT2D eigenvalue weighted by Gasteiger charge is -2.62.